The third kappa shape index (κ3) is 44.4. The minimum atomic E-state index is -1.06. The molecular formula is C110H155N11O25. The number of fused-ring (bicyclic) bond motifs is 2. The Labute approximate surface area is 856 Å². The average molecular weight is 2030 g/mol. The van der Waals surface area contributed by atoms with Gasteiger partial charge in [-0.05, 0) is 287 Å². The molecule has 5 aliphatic heterocycles. The Kier molecular flexibility index (Phi) is 48.3. The number of amides is 4. The predicted molar refractivity (Wildman–Crippen MR) is 547 cm³/mol. The summed E-state index contributed by atoms with van der Waals surface area (Å²) in [6.07, 6.45) is 12.9. The number of carbonyl (C=O) groups is 11. The van der Waals surface area contributed by atoms with Gasteiger partial charge >= 0.3 is 60.2 Å². The molecule has 0 radical (unpaired) electrons. The maximum Gasteiger partial charge on any atom is 0.410 e. The number of nitrogens with zero attached hydrogens (tertiary/aromatic N) is 7. The van der Waals surface area contributed by atoms with Gasteiger partial charge in [0, 0.05) is 82.6 Å². The molecule has 5 aliphatic rings. The number of nitrogens with two attached hydrogens (primary N) is 3. The molecule has 800 valence electrons. The highest BCUT2D eigenvalue weighted by Crippen LogP contribution is 2.38. The average Bonchev–Trinajstić information content (AvgIpc) is 1.68. The van der Waals surface area contributed by atoms with E-state index >= 15 is 0 Å². The number of aldehydes is 1. The number of carboxylic acids is 2. The number of nitrogens with one attached hydrogen (secondary N) is 1. The van der Waals surface area contributed by atoms with Crippen molar-refractivity contribution in [3.8, 4) is 0 Å². The quantitative estimate of drug-likeness (QED) is 0.0110. The van der Waals surface area contributed by atoms with Crippen molar-refractivity contribution in [2.45, 2.75) is 278 Å². The third-order valence-corrected chi connectivity index (χ3v) is 25.2. The van der Waals surface area contributed by atoms with E-state index in [9.17, 15) is 63.0 Å². The SMILES string of the molecule is CC(C)(C)OC(=O)N1CCC(C[C@@H](C=O)CC(=O)OCc2ccccc2)CC1.CC(C)(C)OC(=O)N1CCC(C[C@H](CC(=O)OCc2ccccc2)C(O)c2nc3ccccc3o2)CC1.CC(C)(C)OC(=O)N1CCC(C[C@H](N)C(O)c2nc3ccccc3o2)CC1.COC(=O)[C@@H](CC(=O)OCc1ccccc1)CC1CCN(C(=O)OC(C)(C)C)CC1.N[C@@H](CC1CCNCC1)C(=O)O.N[C@@H](Cc1ccncc1)C(=O)O. The van der Waals surface area contributed by atoms with Crippen LogP contribution >= 0.6 is 0 Å². The molecule has 146 heavy (non-hydrogen) atoms. The van der Waals surface area contributed by atoms with Gasteiger partial charge in [-0.25, -0.2) is 29.1 Å². The van der Waals surface area contributed by atoms with E-state index in [4.69, 9.17) is 74.1 Å². The standard InChI is InChI=1S/C29H36N2O6.C23H33NO6.C22H31NO5.C20H29N3O4.C8H16N2O2.C8H10N2O2/c1-29(2,3)37-28(34)31-15-13-20(14-16-31)17-22(18-25(32)35-19-21-9-5-4-6-10-21)26(33)27-30-23-11-7-8-12-24(23)36-27;1-23(2,3)30-22(27)24-12-10-17(11-13-24)14-19(21(26)28-4)15-20(25)29-16-18-8-6-5-7-9-18;1-22(2,3)28-21(26)23-11-9-17(10-12-23)13-19(15-24)14-20(25)27-16-18-7-5-4-6-8-18;1-20(2,3)27-19(25)23-10-8-13(9-11-23)12-14(21)17(24)18-22-15-6-4-5-7-16(15)26-18;2*9-7(8(11)12)5-6-1-3-10-4-2-6/h4-12,20,22,26,33H,13-19H2,1-3H3;5-9,17,19H,10-16H2,1-4H3;4-8,15,17,19H,9-14,16H2,1-3H3;4-7,13-14,17,24H,8-12,21H2,1-3H3;6-7,10H,1-5,9H2,(H,11,12);1-4,7H,5,9H2,(H,11,12)/t22-,26?;2*19-;14-,17?;2*7-/m111000/s1. The number of benzene rings is 5. The molecule has 5 saturated heterocycles. The summed E-state index contributed by atoms with van der Waals surface area (Å²) in [7, 11) is 1.33. The van der Waals surface area contributed by atoms with Gasteiger partial charge in [-0.1, -0.05) is 115 Å². The van der Waals surface area contributed by atoms with E-state index in [-0.39, 0.29) is 105 Å². The van der Waals surface area contributed by atoms with Gasteiger partial charge in [-0.15, -0.1) is 0 Å². The Morgan fingerprint density at radius 2 is 0.747 bits per heavy atom. The van der Waals surface area contributed by atoms with Crippen LogP contribution in [0.1, 0.15) is 245 Å². The molecule has 8 heterocycles. The summed E-state index contributed by atoms with van der Waals surface area (Å²) in [6, 6.07) is 44.6. The van der Waals surface area contributed by atoms with Crippen molar-refractivity contribution < 1.29 is 120 Å². The molecule has 0 bridgehead atoms. The van der Waals surface area contributed by atoms with Crippen molar-refractivity contribution in [1.29, 1.82) is 0 Å². The van der Waals surface area contributed by atoms with Gasteiger partial charge < -0.3 is 114 Å². The van der Waals surface area contributed by atoms with Crippen LogP contribution in [0.25, 0.3) is 22.2 Å². The molecule has 0 aliphatic carbocycles. The van der Waals surface area contributed by atoms with Crippen LogP contribution in [-0.2, 0) is 97.7 Å². The van der Waals surface area contributed by atoms with E-state index in [1.54, 1.807) is 50.2 Å². The number of piperidine rings is 5. The molecule has 36 heteroatoms. The van der Waals surface area contributed by atoms with Gasteiger partial charge in [0.2, 0.25) is 11.8 Å². The minimum Gasteiger partial charge on any atom is -0.480 e. The van der Waals surface area contributed by atoms with Crippen molar-refractivity contribution in [2.75, 3.05) is 72.6 Å². The maximum atomic E-state index is 12.8. The molecule has 2 unspecified atom stereocenters. The molecule has 8 atom stereocenters. The van der Waals surface area contributed by atoms with Crippen LogP contribution < -0.4 is 22.5 Å². The fourth-order valence-corrected chi connectivity index (χ4v) is 17.3. The first-order valence-electron chi connectivity index (χ1n) is 50.7. The fraction of sp³-hybridized carbons (Fsp3) is 0.564. The highest BCUT2D eigenvalue weighted by atomic mass is 16.6. The Morgan fingerprint density at radius 1 is 0.411 bits per heavy atom. The summed E-state index contributed by atoms with van der Waals surface area (Å²) in [6.45, 7) is 29.6. The first-order chi connectivity index (χ1) is 69.2. The van der Waals surface area contributed by atoms with Crippen LogP contribution in [0.3, 0.4) is 0 Å². The first-order valence-corrected chi connectivity index (χ1v) is 50.7. The molecule has 5 aromatic carbocycles. The zero-order chi connectivity index (χ0) is 107. The zero-order valence-corrected chi connectivity index (χ0v) is 87.0. The fourth-order valence-electron chi connectivity index (χ4n) is 17.3. The van der Waals surface area contributed by atoms with Gasteiger partial charge in [-0.3, -0.25) is 33.8 Å². The number of pyridine rings is 1. The minimum absolute atomic E-state index is 0.00815. The van der Waals surface area contributed by atoms with Gasteiger partial charge in [0.1, 0.15) is 83.8 Å². The molecule has 13 rings (SSSR count). The molecule has 3 aromatic heterocycles. The van der Waals surface area contributed by atoms with Crippen molar-refractivity contribution >= 4 is 88.7 Å². The second-order valence-electron chi connectivity index (χ2n) is 42.0. The van der Waals surface area contributed by atoms with Gasteiger partial charge in [0.05, 0.1) is 32.3 Å². The Bertz CT molecular complexity index is 5230. The lowest BCUT2D eigenvalue weighted by Crippen LogP contribution is -2.43. The summed E-state index contributed by atoms with van der Waals surface area (Å²) in [5, 5.41) is 42.1. The van der Waals surface area contributed by atoms with Crippen LogP contribution in [0.15, 0.2) is 173 Å². The zero-order valence-electron chi connectivity index (χ0n) is 87.0. The molecule has 4 amide bonds. The monoisotopic (exact) mass is 2030 g/mol. The van der Waals surface area contributed by atoms with E-state index in [2.05, 4.69) is 20.3 Å². The number of hydrogen-bond acceptors (Lipinski definition) is 30. The molecule has 11 N–H and O–H groups in total. The van der Waals surface area contributed by atoms with E-state index in [1.807, 2.05) is 217 Å². The largest absolute Gasteiger partial charge is 0.480 e. The summed E-state index contributed by atoms with van der Waals surface area (Å²) < 4.78 is 54.2. The topological polar surface area (TPSA) is 511 Å². The number of ether oxygens (including phenoxy) is 8. The Hall–Kier alpha value is -12.5. The molecule has 36 nitrogen and oxygen atoms in total. The number of carboxylic acid groups (broad SMARTS) is 2. The van der Waals surface area contributed by atoms with Crippen molar-refractivity contribution in [1.82, 2.24) is 39.9 Å². The number of oxazole rings is 2. The second-order valence-corrected chi connectivity index (χ2v) is 42.0. The molecular weight excluding hydrogens is 1880 g/mol. The van der Waals surface area contributed by atoms with Crippen molar-refractivity contribution in [3.63, 3.8) is 0 Å². The lowest BCUT2D eigenvalue weighted by molar-refractivity contribution is -0.154. The number of carbonyl (C=O) groups excluding carboxylic acids is 9. The Balaban J connectivity index is 0.000000221. The maximum absolute atomic E-state index is 12.8. The highest BCUT2D eigenvalue weighted by Gasteiger charge is 2.38. The predicted octanol–water partition coefficient (Wildman–Crippen LogP) is 16.6. The van der Waals surface area contributed by atoms with Crippen LogP contribution in [0.4, 0.5) is 19.2 Å². The number of para-hydroxylation sites is 4. The lowest BCUT2D eigenvalue weighted by Gasteiger charge is -2.35. The number of aliphatic carboxylic acids is 2. The van der Waals surface area contributed by atoms with E-state index in [1.165, 1.54) is 7.11 Å². The molecule has 0 spiro atoms. The second kappa shape index (κ2) is 59.4. The number of rotatable bonds is 32. The number of esters is 4. The molecule has 0 saturated carbocycles. The summed E-state index contributed by atoms with van der Waals surface area (Å²) in [4.78, 5) is 150. The van der Waals surface area contributed by atoms with E-state index in [0.717, 1.165) is 106 Å². The number of methoxy groups -OCH3 is 1. The van der Waals surface area contributed by atoms with Gasteiger partial charge in [0.25, 0.3) is 0 Å². The van der Waals surface area contributed by atoms with Crippen LogP contribution in [0.2, 0.25) is 0 Å². The van der Waals surface area contributed by atoms with Crippen LogP contribution in [0, 0.1) is 47.3 Å². The van der Waals surface area contributed by atoms with Crippen LogP contribution in [-0.4, -0.2) is 235 Å². The van der Waals surface area contributed by atoms with Crippen molar-refractivity contribution in [3.05, 3.63) is 198 Å². The third-order valence-electron chi connectivity index (χ3n) is 25.2. The number of likely N-dealkylation sites (tertiary alicyclic amines) is 4. The first kappa shape index (κ1) is 119. The van der Waals surface area contributed by atoms with Crippen LogP contribution in [0.5, 0.6) is 0 Å². The van der Waals surface area contributed by atoms with Gasteiger partial charge in [0.15, 0.2) is 11.2 Å². The number of hydrogen-bond donors (Lipinski definition) is 8. The Morgan fingerprint density at radius 3 is 1.11 bits per heavy atom. The molecule has 8 aromatic rings. The number of aromatic nitrogens is 3. The summed E-state index contributed by atoms with van der Waals surface area (Å²) in [5.41, 5.74) is 21.1. The highest BCUT2D eigenvalue weighted by molar-refractivity contribution is 5.80. The summed E-state index contributed by atoms with van der Waals surface area (Å²) >= 11 is 0. The van der Waals surface area contributed by atoms with E-state index < -0.39 is 88.5 Å². The van der Waals surface area contributed by atoms with E-state index in [0.29, 0.717) is 131 Å². The molecule has 5 fully saturated rings. The van der Waals surface area contributed by atoms with Gasteiger partial charge in [-0.2, -0.15) is 0 Å². The normalized spacial score (nSPS) is 16.8. The summed E-state index contributed by atoms with van der Waals surface area (Å²) in [5.74, 6) is -2.66. The lowest BCUT2D eigenvalue weighted by atomic mass is 9.83. The van der Waals surface area contributed by atoms with Crippen molar-refractivity contribution in [2.24, 2.45) is 64.5 Å². The number of aliphatic hydroxyl groups is 2. The number of aliphatic hydroxyl groups excluding tert-OH is 2. The smallest absolute Gasteiger partial charge is 0.410 e.